The van der Waals surface area contributed by atoms with Gasteiger partial charge in [0.2, 0.25) is 0 Å². The van der Waals surface area contributed by atoms with E-state index in [0.717, 1.165) is 0 Å². The Balaban J connectivity index is 0.000000210. The average molecular weight is 926 g/mol. The van der Waals surface area contributed by atoms with Crippen LogP contribution in [0.15, 0.2) is 182 Å². The molecular formula is C37H32AuClO4PSb. The molecule has 4 nitrogen and oxygen atoms in total. The Morgan fingerprint density at radius 2 is 0.556 bits per heavy atom. The Kier molecular flexibility index (Phi) is 15.2. The van der Waals surface area contributed by atoms with Crippen LogP contribution in [0.25, 0.3) is 0 Å². The second-order valence-electron chi connectivity index (χ2n) is 9.54. The van der Waals surface area contributed by atoms with E-state index in [-0.39, 0.29) is 22.4 Å². The summed E-state index contributed by atoms with van der Waals surface area (Å²) in [4.78, 5) is 0. The molecule has 232 valence electrons. The molecule has 6 aromatic rings. The summed E-state index contributed by atoms with van der Waals surface area (Å²) in [6, 6.07) is 64.8. The van der Waals surface area contributed by atoms with Gasteiger partial charge in [-0.15, -0.1) is 10.2 Å². The summed E-state index contributed by atoms with van der Waals surface area (Å²) in [7, 11) is -6.72. The summed E-state index contributed by atoms with van der Waals surface area (Å²) in [6.07, 6.45) is 0. The minimum atomic E-state index is -4.94. The Hall–Kier alpha value is -2.56. The van der Waals surface area contributed by atoms with Crippen molar-refractivity contribution in [3.8, 4) is 0 Å². The van der Waals surface area contributed by atoms with E-state index in [2.05, 4.69) is 182 Å². The third kappa shape index (κ3) is 11.3. The van der Waals surface area contributed by atoms with Crippen molar-refractivity contribution >= 4 is 53.9 Å². The molecule has 45 heavy (non-hydrogen) atoms. The van der Waals surface area contributed by atoms with E-state index >= 15 is 0 Å². The van der Waals surface area contributed by atoms with E-state index in [1.807, 2.05) is 0 Å². The Morgan fingerprint density at radius 1 is 0.378 bits per heavy atom. The number of benzene rings is 6. The van der Waals surface area contributed by atoms with Gasteiger partial charge in [0.1, 0.15) is 0 Å². The van der Waals surface area contributed by atoms with E-state index in [1.54, 1.807) is 0 Å². The summed E-state index contributed by atoms with van der Waals surface area (Å²) in [5.74, 6) is 0. The third-order valence-electron chi connectivity index (χ3n) is 6.63. The van der Waals surface area contributed by atoms with E-state index < -0.39 is 37.7 Å². The summed E-state index contributed by atoms with van der Waals surface area (Å²) in [5, 5.41) is 3.95. The van der Waals surface area contributed by atoms with Crippen molar-refractivity contribution in [2.24, 2.45) is 0 Å². The molecular weight excluding hydrogens is 894 g/mol. The first-order valence-electron chi connectivity index (χ1n) is 13.7. The fourth-order valence-electron chi connectivity index (χ4n) is 4.67. The zero-order chi connectivity index (χ0) is 31.3. The summed E-state index contributed by atoms with van der Waals surface area (Å²) in [5.41, 5.74) is 0. The van der Waals surface area contributed by atoms with Crippen LogP contribution in [-0.2, 0) is 22.4 Å². The molecule has 6 aromatic carbocycles. The maximum atomic E-state index is 8.49. The van der Waals surface area contributed by atoms with Crippen LogP contribution in [0.3, 0.4) is 0 Å². The first-order chi connectivity index (χ1) is 21.3. The van der Waals surface area contributed by atoms with Crippen LogP contribution in [-0.4, -0.2) is 20.2 Å². The first-order valence-corrected chi connectivity index (χ1v) is 20.8. The molecule has 8 heteroatoms. The molecule has 0 aliphatic rings. The molecule has 0 aliphatic carbocycles. The van der Waals surface area contributed by atoms with Gasteiger partial charge in [-0.3, -0.25) is 0 Å². The summed E-state index contributed by atoms with van der Waals surface area (Å²) in [6.45, 7) is 4.69. The average Bonchev–Trinajstić information content (AvgIpc) is 3.07. The Morgan fingerprint density at radius 3 is 0.756 bits per heavy atom. The monoisotopic (exact) mass is 924 g/mol. The molecule has 0 N–H and O–H groups in total. The van der Waals surface area contributed by atoms with Crippen LogP contribution < -0.4 is 45.1 Å². The molecule has 0 aromatic heterocycles. The fraction of sp³-hybridized carbons (Fsp3) is 0. The van der Waals surface area contributed by atoms with Crippen molar-refractivity contribution in [3.63, 3.8) is 0 Å². The SMILES string of the molecule is [Au+].[CH2-][P+](c1ccccc1)(c1ccccc1)c1ccccc1.[O-][Cl+3]([O-])([O-])[O-].c1cc[c]([Sb]([c]2ccccc2)[c]2ccccc2)cc1. The molecule has 0 saturated carbocycles. The van der Waals surface area contributed by atoms with Crippen molar-refractivity contribution in [2.45, 2.75) is 0 Å². The predicted octanol–water partition coefficient (Wildman–Crippen LogP) is 1.22. The second kappa shape index (κ2) is 18.6. The Bertz CT molecular complexity index is 1450. The summed E-state index contributed by atoms with van der Waals surface area (Å²) < 4.78 is 38.5. The van der Waals surface area contributed by atoms with Gasteiger partial charge in [0.05, 0.1) is 15.9 Å². The van der Waals surface area contributed by atoms with Crippen molar-refractivity contribution in [2.75, 3.05) is 0 Å². The van der Waals surface area contributed by atoms with Crippen molar-refractivity contribution in [3.05, 3.63) is 189 Å². The number of hydrogen-bond acceptors (Lipinski definition) is 4. The second-order valence-corrected chi connectivity index (χ2v) is 19.8. The predicted molar refractivity (Wildman–Crippen MR) is 174 cm³/mol. The molecule has 0 fully saturated rings. The van der Waals surface area contributed by atoms with Crippen LogP contribution >= 0.6 is 7.26 Å². The molecule has 0 saturated heterocycles. The zero-order valence-electron chi connectivity index (χ0n) is 24.2. The van der Waals surface area contributed by atoms with Gasteiger partial charge in [0.15, 0.2) is 0 Å². The maximum absolute atomic E-state index is 8.49. The standard InChI is InChI=1S/C19H17P.3C6H5.Au.ClHO4.Sb/c1-20(17-11-5-2-6-12-17,18-13-7-3-8-14-18)19-15-9-4-10-16-19;3*1-2-4-6-5-3-1;;2-1(3,4)5;/h2-16H,1H2;3*1-5H;;(H,2,3,4,5);/q;;;;+1;;/p-1. The van der Waals surface area contributed by atoms with Gasteiger partial charge in [-0.2, -0.15) is 6.66 Å². The fourth-order valence-corrected chi connectivity index (χ4v) is 14.2. The van der Waals surface area contributed by atoms with Gasteiger partial charge >= 0.3 is 144 Å². The number of halogens is 1. The van der Waals surface area contributed by atoms with Crippen molar-refractivity contribution in [1.82, 2.24) is 0 Å². The van der Waals surface area contributed by atoms with Gasteiger partial charge in [-0.05, 0) is 43.7 Å². The number of rotatable bonds is 6. The quantitative estimate of drug-likeness (QED) is 0.143. The molecule has 0 atom stereocenters. The van der Waals surface area contributed by atoms with E-state index in [9.17, 15) is 0 Å². The van der Waals surface area contributed by atoms with E-state index in [0.29, 0.717) is 0 Å². The van der Waals surface area contributed by atoms with Crippen LogP contribution in [0.5, 0.6) is 0 Å². The minimum absolute atomic E-state index is 0. The Labute approximate surface area is 291 Å². The van der Waals surface area contributed by atoms with Crippen LogP contribution in [0.4, 0.5) is 0 Å². The van der Waals surface area contributed by atoms with Gasteiger partial charge in [-0.25, -0.2) is 18.6 Å². The number of hydrogen-bond donors (Lipinski definition) is 0. The van der Waals surface area contributed by atoms with Gasteiger partial charge in [0, 0.05) is 0 Å². The van der Waals surface area contributed by atoms with E-state index in [1.165, 1.54) is 26.4 Å². The molecule has 0 aliphatic heterocycles. The first kappa shape index (κ1) is 36.9. The molecule has 0 bridgehead atoms. The zero-order valence-corrected chi connectivity index (χ0v) is 30.6. The molecule has 0 heterocycles. The van der Waals surface area contributed by atoms with Crippen molar-refractivity contribution in [1.29, 1.82) is 0 Å². The van der Waals surface area contributed by atoms with Crippen LogP contribution in [0.2, 0.25) is 0 Å². The molecule has 0 unspecified atom stereocenters. The van der Waals surface area contributed by atoms with Crippen LogP contribution in [0, 0.1) is 16.9 Å². The van der Waals surface area contributed by atoms with Gasteiger partial charge in [0.25, 0.3) is 0 Å². The molecule has 0 amide bonds. The topological polar surface area (TPSA) is 92.2 Å². The van der Waals surface area contributed by atoms with Crippen LogP contribution in [0.1, 0.15) is 0 Å². The molecule has 0 radical (unpaired) electrons. The van der Waals surface area contributed by atoms with Gasteiger partial charge in [-0.1, -0.05) is 54.6 Å². The van der Waals surface area contributed by atoms with E-state index in [4.69, 9.17) is 25.3 Å². The molecule has 6 rings (SSSR count). The molecule has 0 spiro atoms. The summed E-state index contributed by atoms with van der Waals surface area (Å²) >= 11 is -1.83. The third-order valence-corrected chi connectivity index (χ3v) is 17.1. The van der Waals surface area contributed by atoms with Crippen molar-refractivity contribution < 1.29 is 51.3 Å². The normalized spacial score (nSPS) is 10.8. The van der Waals surface area contributed by atoms with Gasteiger partial charge < -0.3 is 0 Å².